The van der Waals surface area contributed by atoms with Gasteiger partial charge in [0.1, 0.15) is 6.54 Å². The Balaban J connectivity index is -0.00000112. The zero-order chi connectivity index (χ0) is 12.6. The zero-order valence-electron chi connectivity index (χ0n) is 8.80. The summed E-state index contributed by atoms with van der Waals surface area (Å²) >= 11 is 0. The van der Waals surface area contributed by atoms with Gasteiger partial charge in [0.25, 0.3) is 0 Å². The molecule has 0 aliphatic carbocycles. The van der Waals surface area contributed by atoms with E-state index in [2.05, 4.69) is 10.2 Å². The molecule has 96 valence electrons. The van der Waals surface area contributed by atoms with E-state index in [1.165, 1.54) is 7.11 Å². The molecular formula is C8H16N2Na2O6. The topological polar surface area (TPSA) is 116 Å². The normalized spacial score (nSPS) is 8.72. The zero-order valence-corrected chi connectivity index (χ0v) is 8.80. The average molecular weight is 282 g/mol. The van der Waals surface area contributed by atoms with E-state index in [0.29, 0.717) is 5.06 Å². The van der Waals surface area contributed by atoms with Crippen LogP contribution in [0, 0.1) is 0 Å². The summed E-state index contributed by atoms with van der Waals surface area (Å²) in [6.07, 6.45) is -0.0333. The van der Waals surface area contributed by atoms with Crippen molar-refractivity contribution in [3.05, 3.63) is 0 Å². The Labute approximate surface area is 149 Å². The fourth-order valence-corrected chi connectivity index (χ4v) is 0.893. The summed E-state index contributed by atoms with van der Waals surface area (Å²) in [5.41, 5.74) is 0. The molecule has 0 rings (SSSR count). The fraction of sp³-hybridized carbons (Fsp3) is 0.625. The molecule has 0 saturated carbocycles. The van der Waals surface area contributed by atoms with E-state index in [4.69, 9.17) is 10.2 Å². The quantitative estimate of drug-likeness (QED) is 0.251. The number of carboxylic acids is 2. The number of nitrogens with zero attached hydrogens (tertiary/aromatic N) is 1. The van der Waals surface area contributed by atoms with Gasteiger partial charge in [-0.3, -0.25) is 19.2 Å². The monoisotopic (exact) mass is 282 g/mol. The van der Waals surface area contributed by atoms with Gasteiger partial charge in [0.15, 0.2) is 0 Å². The molecule has 0 aromatic carbocycles. The van der Waals surface area contributed by atoms with Crippen LogP contribution in [0.25, 0.3) is 0 Å². The number of carbonyl (C=O) groups is 3. The van der Waals surface area contributed by atoms with Crippen LogP contribution < -0.4 is 5.32 Å². The number of carbonyl (C=O) groups excluding carboxylic acids is 1. The standard InChI is InChI=1S/C8H14N2O6.2Na.2H/c1-16-10(5-8(14)15)6(11)2-3-9-4-7(12)13;;;;/h9H,2-5H2,1H3,(H,12,13)(H,14,15);;;;. The van der Waals surface area contributed by atoms with Gasteiger partial charge in [0.05, 0.1) is 13.7 Å². The van der Waals surface area contributed by atoms with Gasteiger partial charge in [-0.25, -0.2) is 5.06 Å². The van der Waals surface area contributed by atoms with Crippen molar-refractivity contribution in [1.82, 2.24) is 10.4 Å². The van der Waals surface area contributed by atoms with Crippen LogP contribution in [-0.4, -0.2) is 119 Å². The molecule has 1 amide bonds. The molecule has 18 heavy (non-hydrogen) atoms. The average Bonchev–Trinajstić information content (AvgIpc) is 2.20. The van der Waals surface area contributed by atoms with Crippen LogP contribution in [0.15, 0.2) is 0 Å². The number of carboxylic acid groups (broad SMARTS) is 2. The molecule has 0 aliphatic rings. The van der Waals surface area contributed by atoms with Crippen LogP contribution in [0.4, 0.5) is 0 Å². The number of aliphatic carboxylic acids is 2. The summed E-state index contributed by atoms with van der Waals surface area (Å²) < 4.78 is 0. The Bertz CT molecular complexity index is 276. The molecule has 0 bridgehead atoms. The second kappa shape index (κ2) is 13.8. The van der Waals surface area contributed by atoms with Gasteiger partial charge in [-0.1, -0.05) is 0 Å². The molecule has 0 aromatic rings. The van der Waals surface area contributed by atoms with Crippen LogP contribution in [-0.2, 0) is 19.2 Å². The molecule has 0 atom stereocenters. The van der Waals surface area contributed by atoms with Crippen LogP contribution in [0.1, 0.15) is 6.42 Å². The predicted octanol–water partition coefficient (Wildman–Crippen LogP) is -2.77. The SMILES string of the molecule is CON(CC(=O)O)C(=O)CCNCC(=O)O.[NaH].[NaH]. The third-order valence-electron chi connectivity index (χ3n) is 1.57. The van der Waals surface area contributed by atoms with Gasteiger partial charge in [-0.15, -0.1) is 0 Å². The minimum absolute atomic E-state index is 0. The molecule has 0 aromatic heterocycles. The van der Waals surface area contributed by atoms with Crippen molar-refractivity contribution in [3.8, 4) is 0 Å². The van der Waals surface area contributed by atoms with E-state index in [1.807, 2.05) is 0 Å². The first-order valence-corrected chi connectivity index (χ1v) is 4.46. The number of hydrogen-bond donors (Lipinski definition) is 3. The molecule has 0 unspecified atom stereocenters. The van der Waals surface area contributed by atoms with Gasteiger partial charge in [0, 0.05) is 13.0 Å². The van der Waals surface area contributed by atoms with E-state index in [0.717, 1.165) is 0 Å². The molecule has 0 aliphatic heterocycles. The maximum atomic E-state index is 11.3. The first kappa shape index (κ1) is 23.4. The van der Waals surface area contributed by atoms with Crippen molar-refractivity contribution in [2.45, 2.75) is 6.42 Å². The summed E-state index contributed by atoms with van der Waals surface area (Å²) in [7, 11) is 1.19. The molecule has 0 radical (unpaired) electrons. The summed E-state index contributed by atoms with van der Waals surface area (Å²) in [5, 5.41) is 19.9. The van der Waals surface area contributed by atoms with Crippen LogP contribution >= 0.6 is 0 Å². The number of rotatable bonds is 8. The molecule has 0 spiro atoms. The van der Waals surface area contributed by atoms with Gasteiger partial charge >= 0.3 is 71.1 Å². The molecule has 0 fully saturated rings. The van der Waals surface area contributed by atoms with Crippen molar-refractivity contribution in [2.24, 2.45) is 0 Å². The molecule has 3 N–H and O–H groups in total. The number of nitrogens with one attached hydrogen (secondary N) is 1. The predicted molar refractivity (Wildman–Crippen MR) is 65.8 cm³/mol. The van der Waals surface area contributed by atoms with E-state index < -0.39 is 24.4 Å². The summed E-state index contributed by atoms with van der Waals surface area (Å²) in [4.78, 5) is 36.3. The van der Waals surface area contributed by atoms with Gasteiger partial charge in [-0.05, 0) is 0 Å². The third-order valence-corrected chi connectivity index (χ3v) is 1.57. The van der Waals surface area contributed by atoms with Crippen molar-refractivity contribution < 1.29 is 29.4 Å². The first-order chi connectivity index (χ1) is 7.47. The van der Waals surface area contributed by atoms with E-state index >= 15 is 0 Å². The van der Waals surface area contributed by atoms with Crippen molar-refractivity contribution in [3.63, 3.8) is 0 Å². The van der Waals surface area contributed by atoms with E-state index in [9.17, 15) is 14.4 Å². The van der Waals surface area contributed by atoms with Crippen molar-refractivity contribution >= 4 is 77.0 Å². The van der Waals surface area contributed by atoms with Gasteiger partial charge < -0.3 is 15.5 Å². The summed E-state index contributed by atoms with van der Waals surface area (Å²) in [6, 6.07) is 0. The number of hydrogen-bond acceptors (Lipinski definition) is 5. The Kier molecular flexibility index (Phi) is 17.9. The van der Waals surface area contributed by atoms with Crippen LogP contribution in [0.2, 0.25) is 0 Å². The maximum absolute atomic E-state index is 11.3. The summed E-state index contributed by atoms with van der Waals surface area (Å²) in [6.45, 7) is -0.655. The van der Waals surface area contributed by atoms with Crippen LogP contribution in [0.3, 0.4) is 0 Å². The van der Waals surface area contributed by atoms with Crippen LogP contribution in [0.5, 0.6) is 0 Å². The second-order valence-corrected chi connectivity index (χ2v) is 2.83. The summed E-state index contributed by atoms with van der Waals surface area (Å²) in [5.74, 6) is -2.74. The van der Waals surface area contributed by atoms with Gasteiger partial charge in [-0.2, -0.15) is 0 Å². The third kappa shape index (κ3) is 12.8. The van der Waals surface area contributed by atoms with Crippen molar-refractivity contribution in [1.29, 1.82) is 0 Å². The van der Waals surface area contributed by atoms with Gasteiger partial charge in [0.2, 0.25) is 5.91 Å². The number of hydroxylamine groups is 2. The molecule has 0 heterocycles. The minimum atomic E-state index is -1.19. The molecule has 10 heteroatoms. The second-order valence-electron chi connectivity index (χ2n) is 2.83. The Morgan fingerprint density at radius 3 is 2.11 bits per heavy atom. The molecule has 8 nitrogen and oxygen atoms in total. The Morgan fingerprint density at radius 2 is 1.72 bits per heavy atom. The molecular weight excluding hydrogens is 266 g/mol. The first-order valence-electron chi connectivity index (χ1n) is 4.46. The Hall–Kier alpha value is 0.330. The van der Waals surface area contributed by atoms with Crippen molar-refractivity contribution in [2.75, 3.05) is 26.7 Å². The Morgan fingerprint density at radius 1 is 1.17 bits per heavy atom. The van der Waals surface area contributed by atoms with E-state index in [-0.39, 0.29) is 78.6 Å². The van der Waals surface area contributed by atoms with E-state index in [1.54, 1.807) is 0 Å². The molecule has 0 saturated heterocycles. The fourth-order valence-electron chi connectivity index (χ4n) is 0.893. The number of amides is 1.